The molecule has 5 heteroatoms. The number of hydrogen-bond donors (Lipinski definition) is 1. The largest absolute Gasteiger partial charge is 0.462 e. The third kappa shape index (κ3) is 8.16. The molecule has 0 fully saturated rings. The van der Waals surface area contributed by atoms with Crippen LogP contribution in [0.5, 0.6) is 0 Å². The Hall–Kier alpha value is -1.88. The SMILES string of the molecule is CCCC(C(=O)OCc1ccc(CC(C)(C)O)cc1)C(=O)OC(C)C. The molecule has 1 aromatic carbocycles. The minimum absolute atomic E-state index is 0.108. The van der Waals surface area contributed by atoms with E-state index in [2.05, 4.69) is 0 Å². The first-order chi connectivity index (χ1) is 11.6. The molecule has 0 amide bonds. The van der Waals surface area contributed by atoms with Crippen molar-refractivity contribution in [3.8, 4) is 0 Å². The minimum atomic E-state index is -0.873. The average Bonchev–Trinajstić information content (AvgIpc) is 2.49. The quantitative estimate of drug-likeness (QED) is 0.546. The fourth-order valence-electron chi connectivity index (χ4n) is 2.44. The zero-order valence-corrected chi connectivity index (χ0v) is 15.9. The predicted octanol–water partition coefficient (Wildman–Crippen LogP) is 3.41. The summed E-state index contributed by atoms with van der Waals surface area (Å²) in [6.45, 7) is 9.03. The standard InChI is InChI=1S/C20H30O5/c1-6-7-17(19(22)25-14(2)3)18(21)24-13-16-10-8-15(9-11-16)12-20(4,5)23/h8-11,14,17,23H,6-7,12-13H2,1-5H3. The fourth-order valence-corrected chi connectivity index (χ4v) is 2.44. The average molecular weight is 350 g/mol. The molecular weight excluding hydrogens is 320 g/mol. The van der Waals surface area contributed by atoms with Gasteiger partial charge >= 0.3 is 11.9 Å². The molecule has 1 atom stereocenters. The van der Waals surface area contributed by atoms with E-state index in [1.807, 2.05) is 31.2 Å². The Morgan fingerprint density at radius 1 is 1.08 bits per heavy atom. The van der Waals surface area contributed by atoms with Crippen LogP contribution >= 0.6 is 0 Å². The fraction of sp³-hybridized carbons (Fsp3) is 0.600. The van der Waals surface area contributed by atoms with Crippen molar-refractivity contribution >= 4 is 11.9 Å². The number of benzene rings is 1. The Morgan fingerprint density at radius 2 is 1.64 bits per heavy atom. The highest BCUT2D eigenvalue weighted by Crippen LogP contribution is 2.16. The van der Waals surface area contributed by atoms with E-state index in [0.29, 0.717) is 19.3 Å². The van der Waals surface area contributed by atoms with Crippen molar-refractivity contribution in [3.05, 3.63) is 35.4 Å². The van der Waals surface area contributed by atoms with E-state index in [1.165, 1.54) is 0 Å². The normalized spacial score (nSPS) is 12.8. The highest BCUT2D eigenvalue weighted by Gasteiger charge is 2.29. The van der Waals surface area contributed by atoms with Gasteiger partial charge in [0.1, 0.15) is 6.61 Å². The molecule has 25 heavy (non-hydrogen) atoms. The summed E-state index contributed by atoms with van der Waals surface area (Å²) >= 11 is 0. The predicted molar refractivity (Wildman–Crippen MR) is 95.9 cm³/mol. The van der Waals surface area contributed by atoms with E-state index in [9.17, 15) is 14.7 Å². The maximum absolute atomic E-state index is 12.2. The van der Waals surface area contributed by atoms with Crippen LogP contribution in [-0.4, -0.2) is 28.8 Å². The summed E-state index contributed by atoms with van der Waals surface area (Å²) < 4.78 is 10.4. The molecule has 0 heterocycles. The summed E-state index contributed by atoms with van der Waals surface area (Å²) in [5.41, 5.74) is 1.07. The number of aliphatic hydroxyl groups is 1. The van der Waals surface area contributed by atoms with Gasteiger partial charge in [-0.25, -0.2) is 0 Å². The van der Waals surface area contributed by atoms with Crippen LogP contribution in [0.15, 0.2) is 24.3 Å². The van der Waals surface area contributed by atoms with Crippen LogP contribution in [0.1, 0.15) is 58.6 Å². The number of hydrogen-bond acceptors (Lipinski definition) is 5. The molecule has 1 N–H and O–H groups in total. The Morgan fingerprint density at radius 3 is 2.12 bits per heavy atom. The highest BCUT2D eigenvalue weighted by molar-refractivity contribution is 5.94. The highest BCUT2D eigenvalue weighted by atomic mass is 16.6. The third-order valence-corrected chi connectivity index (χ3v) is 3.54. The second-order valence-corrected chi connectivity index (χ2v) is 7.24. The molecule has 0 aliphatic rings. The van der Waals surface area contributed by atoms with Crippen LogP contribution in [0.25, 0.3) is 0 Å². The molecule has 0 aromatic heterocycles. The van der Waals surface area contributed by atoms with Crippen LogP contribution in [0.3, 0.4) is 0 Å². The van der Waals surface area contributed by atoms with Crippen molar-refractivity contribution < 1.29 is 24.2 Å². The summed E-state index contributed by atoms with van der Waals surface area (Å²) in [6.07, 6.45) is 1.39. The topological polar surface area (TPSA) is 72.8 Å². The van der Waals surface area contributed by atoms with Crippen LogP contribution in [-0.2, 0) is 32.1 Å². The lowest BCUT2D eigenvalue weighted by molar-refractivity contribution is -0.165. The number of ether oxygens (including phenoxy) is 2. The van der Waals surface area contributed by atoms with Gasteiger partial charge in [-0.2, -0.15) is 0 Å². The Kier molecular flexibility index (Phi) is 8.10. The van der Waals surface area contributed by atoms with Crippen molar-refractivity contribution in [3.63, 3.8) is 0 Å². The Labute approximate surface area is 150 Å². The van der Waals surface area contributed by atoms with E-state index in [-0.39, 0.29) is 12.7 Å². The van der Waals surface area contributed by atoms with E-state index >= 15 is 0 Å². The molecule has 1 unspecified atom stereocenters. The number of esters is 2. The molecule has 140 valence electrons. The van der Waals surface area contributed by atoms with E-state index in [4.69, 9.17) is 9.47 Å². The molecule has 5 nitrogen and oxygen atoms in total. The molecule has 0 radical (unpaired) electrons. The molecule has 0 aliphatic carbocycles. The first-order valence-corrected chi connectivity index (χ1v) is 8.79. The Bertz CT molecular complexity index is 554. The smallest absolute Gasteiger partial charge is 0.320 e. The van der Waals surface area contributed by atoms with Crippen LogP contribution in [0.2, 0.25) is 0 Å². The summed E-state index contributed by atoms with van der Waals surface area (Å²) in [7, 11) is 0. The van der Waals surface area contributed by atoms with Gasteiger partial charge in [0.25, 0.3) is 0 Å². The zero-order chi connectivity index (χ0) is 19.0. The zero-order valence-electron chi connectivity index (χ0n) is 15.9. The maximum atomic E-state index is 12.2. The summed E-state index contributed by atoms with van der Waals surface area (Å²) in [5.74, 6) is -1.95. The van der Waals surface area contributed by atoms with Crippen molar-refractivity contribution in [2.75, 3.05) is 0 Å². The second kappa shape index (κ2) is 9.56. The van der Waals surface area contributed by atoms with E-state index in [0.717, 1.165) is 11.1 Å². The number of carbonyl (C=O) groups is 2. The number of carbonyl (C=O) groups excluding carboxylic acids is 2. The van der Waals surface area contributed by atoms with Crippen LogP contribution < -0.4 is 0 Å². The van der Waals surface area contributed by atoms with Gasteiger partial charge in [-0.05, 0) is 45.2 Å². The number of rotatable bonds is 9. The second-order valence-electron chi connectivity index (χ2n) is 7.24. The van der Waals surface area contributed by atoms with Gasteiger partial charge in [0.2, 0.25) is 0 Å². The molecule has 0 saturated heterocycles. The molecule has 1 aromatic rings. The van der Waals surface area contributed by atoms with Crippen molar-refractivity contribution in [2.45, 2.75) is 72.2 Å². The molecular formula is C20H30O5. The lowest BCUT2D eigenvalue weighted by Crippen LogP contribution is -2.29. The van der Waals surface area contributed by atoms with E-state index in [1.54, 1.807) is 27.7 Å². The molecule has 0 saturated carbocycles. The Balaban J connectivity index is 2.62. The van der Waals surface area contributed by atoms with Gasteiger partial charge < -0.3 is 14.6 Å². The van der Waals surface area contributed by atoms with Crippen LogP contribution in [0.4, 0.5) is 0 Å². The molecule has 1 rings (SSSR count). The lowest BCUT2D eigenvalue weighted by atomic mass is 9.98. The van der Waals surface area contributed by atoms with Gasteiger partial charge in [-0.15, -0.1) is 0 Å². The summed E-state index contributed by atoms with van der Waals surface area (Å²) in [5, 5.41) is 9.83. The van der Waals surface area contributed by atoms with Crippen molar-refractivity contribution in [1.82, 2.24) is 0 Å². The molecule has 0 aliphatic heterocycles. The lowest BCUT2D eigenvalue weighted by Gasteiger charge is -2.17. The van der Waals surface area contributed by atoms with Gasteiger partial charge in [0, 0.05) is 6.42 Å². The van der Waals surface area contributed by atoms with Crippen molar-refractivity contribution in [2.24, 2.45) is 5.92 Å². The minimum Gasteiger partial charge on any atom is -0.462 e. The first-order valence-electron chi connectivity index (χ1n) is 8.79. The monoisotopic (exact) mass is 350 g/mol. The van der Waals surface area contributed by atoms with Gasteiger partial charge in [0.05, 0.1) is 11.7 Å². The van der Waals surface area contributed by atoms with Gasteiger partial charge in [-0.1, -0.05) is 37.6 Å². The summed E-state index contributed by atoms with van der Waals surface area (Å²) in [6, 6.07) is 7.51. The van der Waals surface area contributed by atoms with Crippen LogP contribution in [0, 0.1) is 5.92 Å². The summed E-state index contributed by atoms with van der Waals surface area (Å²) in [4.78, 5) is 24.3. The van der Waals surface area contributed by atoms with Gasteiger partial charge in [0.15, 0.2) is 5.92 Å². The first kappa shape index (κ1) is 21.2. The maximum Gasteiger partial charge on any atom is 0.320 e. The molecule has 0 spiro atoms. The molecule has 0 bridgehead atoms. The van der Waals surface area contributed by atoms with Crippen molar-refractivity contribution in [1.29, 1.82) is 0 Å². The van der Waals surface area contributed by atoms with E-state index < -0.39 is 23.5 Å². The third-order valence-electron chi connectivity index (χ3n) is 3.54. The van der Waals surface area contributed by atoms with Gasteiger partial charge in [-0.3, -0.25) is 9.59 Å².